The van der Waals surface area contributed by atoms with Crippen molar-refractivity contribution in [3.8, 4) is 0 Å². The van der Waals surface area contributed by atoms with Crippen molar-refractivity contribution in [1.82, 2.24) is 0 Å². The maximum atomic E-state index is 10.5. The molecular formula is C5H9O2. The van der Waals surface area contributed by atoms with Gasteiger partial charge in [-0.15, -0.1) is 0 Å². The van der Waals surface area contributed by atoms with Gasteiger partial charge in [0.25, 0.3) is 0 Å². The molecule has 1 radical (unpaired) electrons. The van der Waals surface area contributed by atoms with Gasteiger partial charge in [0.05, 0.1) is 0 Å². The maximum absolute atomic E-state index is 10.5. The van der Waals surface area contributed by atoms with Gasteiger partial charge >= 0.3 is 0 Å². The standard InChI is InChI=1S/C5H9O2/c1-4(6)5(2,3)7/h1-3H3. The molecule has 0 aromatic heterocycles. The zero-order valence-electron chi connectivity index (χ0n) is 4.82. The first-order valence-corrected chi connectivity index (χ1v) is 2.16. The van der Waals surface area contributed by atoms with Gasteiger partial charge in [0.15, 0.2) is 11.4 Å². The molecule has 7 heavy (non-hydrogen) atoms. The van der Waals surface area contributed by atoms with Crippen LogP contribution in [0.15, 0.2) is 0 Å². The Morgan fingerprint density at radius 2 is 1.57 bits per heavy atom. The van der Waals surface area contributed by atoms with Crippen molar-refractivity contribution in [3.63, 3.8) is 0 Å². The van der Waals surface area contributed by atoms with Crippen molar-refractivity contribution in [1.29, 1.82) is 0 Å². The molecule has 0 aliphatic heterocycles. The lowest BCUT2D eigenvalue weighted by molar-refractivity contribution is -0.137. The summed E-state index contributed by atoms with van der Waals surface area (Å²) in [6, 6.07) is 0. The van der Waals surface area contributed by atoms with Crippen molar-refractivity contribution < 1.29 is 9.90 Å². The van der Waals surface area contributed by atoms with Crippen LogP contribution in [0.1, 0.15) is 20.8 Å². The Balaban J connectivity index is 3.79. The molecule has 0 amide bonds. The molecule has 0 aliphatic carbocycles. The third-order valence-electron chi connectivity index (χ3n) is 0.848. The molecule has 0 fully saturated rings. The molecule has 0 aromatic rings. The van der Waals surface area contributed by atoms with Crippen LogP contribution in [0.5, 0.6) is 0 Å². The second-order valence-corrected chi connectivity index (χ2v) is 2.07. The summed E-state index contributed by atoms with van der Waals surface area (Å²) < 4.78 is 0. The highest BCUT2D eigenvalue weighted by Gasteiger charge is 2.20. The summed E-state index contributed by atoms with van der Waals surface area (Å²) in [7, 11) is 0. The van der Waals surface area contributed by atoms with Crippen LogP contribution in [-0.4, -0.2) is 11.4 Å². The topological polar surface area (TPSA) is 37.0 Å². The number of ketones is 1. The van der Waals surface area contributed by atoms with E-state index in [1.165, 1.54) is 20.8 Å². The lowest BCUT2D eigenvalue weighted by Gasteiger charge is -2.06. The smallest absolute Gasteiger partial charge is 0.164 e. The van der Waals surface area contributed by atoms with Crippen LogP contribution in [0.4, 0.5) is 0 Å². The lowest BCUT2D eigenvalue weighted by Crippen LogP contribution is -2.26. The highest BCUT2D eigenvalue weighted by atomic mass is 16.3. The zero-order chi connectivity index (χ0) is 6.08. The highest BCUT2D eigenvalue weighted by Crippen LogP contribution is 2.01. The molecule has 2 heteroatoms. The van der Waals surface area contributed by atoms with Crippen LogP contribution in [-0.2, 0) is 9.90 Å². The second kappa shape index (κ2) is 1.62. The van der Waals surface area contributed by atoms with Gasteiger partial charge in [0.1, 0.15) is 0 Å². The van der Waals surface area contributed by atoms with Crippen LogP contribution < -0.4 is 0 Å². The van der Waals surface area contributed by atoms with Crippen molar-refractivity contribution in [2.24, 2.45) is 0 Å². The normalized spacial score (nSPS) is 11.4. The number of hydrogen-bond acceptors (Lipinski definition) is 1. The molecule has 0 heterocycles. The van der Waals surface area contributed by atoms with Crippen molar-refractivity contribution in [2.75, 3.05) is 0 Å². The minimum absolute atomic E-state index is 0.312. The predicted molar refractivity (Wildman–Crippen MR) is 25.4 cm³/mol. The lowest BCUT2D eigenvalue weighted by atomic mass is 10.1. The molecule has 0 saturated heterocycles. The molecule has 0 aromatic carbocycles. The summed E-state index contributed by atoms with van der Waals surface area (Å²) in [4.78, 5) is 10.2. The third kappa shape index (κ3) is 2.34. The summed E-state index contributed by atoms with van der Waals surface area (Å²) in [6.45, 7) is 4.01. The van der Waals surface area contributed by atoms with E-state index in [1.807, 2.05) is 0 Å². The minimum atomic E-state index is -1.39. The third-order valence-corrected chi connectivity index (χ3v) is 0.848. The van der Waals surface area contributed by atoms with E-state index >= 15 is 0 Å². The van der Waals surface area contributed by atoms with Gasteiger partial charge in [-0.3, -0.25) is 4.79 Å². The van der Waals surface area contributed by atoms with E-state index in [2.05, 4.69) is 0 Å². The first-order valence-electron chi connectivity index (χ1n) is 2.16. The van der Waals surface area contributed by atoms with E-state index in [0.29, 0.717) is 0 Å². The van der Waals surface area contributed by atoms with Gasteiger partial charge in [0, 0.05) is 0 Å². The number of hydrogen-bond donors (Lipinski definition) is 0. The molecule has 0 aliphatic rings. The number of carbonyl (C=O) groups excluding carboxylic acids is 1. The van der Waals surface area contributed by atoms with Crippen molar-refractivity contribution >= 4 is 5.78 Å². The zero-order valence-corrected chi connectivity index (χ0v) is 4.82. The van der Waals surface area contributed by atoms with E-state index in [-0.39, 0.29) is 5.78 Å². The van der Waals surface area contributed by atoms with Gasteiger partial charge in [0.2, 0.25) is 0 Å². The molecule has 0 unspecified atom stereocenters. The van der Waals surface area contributed by atoms with Crippen LogP contribution in [0.2, 0.25) is 0 Å². The van der Waals surface area contributed by atoms with E-state index < -0.39 is 5.60 Å². The number of carbonyl (C=O) groups is 1. The van der Waals surface area contributed by atoms with E-state index in [1.54, 1.807) is 0 Å². The Bertz CT molecular complexity index is 78.6. The van der Waals surface area contributed by atoms with Crippen LogP contribution in [0, 0.1) is 0 Å². The van der Waals surface area contributed by atoms with E-state index in [9.17, 15) is 9.90 Å². The highest BCUT2D eigenvalue weighted by molar-refractivity contribution is 5.83. The summed E-state index contributed by atoms with van der Waals surface area (Å²) in [5.41, 5.74) is -1.39. The van der Waals surface area contributed by atoms with Gasteiger partial charge in [-0.05, 0) is 20.8 Å². The van der Waals surface area contributed by atoms with Crippen LogP contribution in [0.3, 0.4) is 0 Å². The van der Waals surface area contributed by atoms with Gasteiger partial charge in [-0.2, -0.15) is 0 Å². The number of Topliss-reactive ketones (excluding diaryl/α,β-unsaturated/α-hetero) is 1. The van der Waals surface area contributed by atoms with Crippen LogP contribution >= 0.6 is 0 Å². The number of rotatable bonds is 1. The minimum Gasteiger partial charge on any atom is -0.297 e. The molecule has 0 bridgehead atoms. The fraction of sp³-hybridized carbons (Fsp3) is 0.800. The Kier molecular flexibility index (Phi) is 1.53. The molecular weight excluding hydrogens is 92.1 g/mol. The molecule has 41 valence electrons. The summed E-state index contributed by atoms with van der Waals surface area (Å²) in [5.74, 6) is -0.312. The fourth-order valence-corrected chi connectivity index (χ4v) is 0. The van der Waals surface area contributed by atoms with E-state index in [4.69, 9.17) is 0 Å². The van der Waals surface area contributed by atoms with Crippen molar-refractivity contribution in [3.05, 3.63) is 0 Å². The fourth-order valence-electron chi connectivity index (χ4n) is 0. The van der Waals surface area contributed by atoms with Gasteiger partial charge < -0.3 is 0 Å². The van der Waals surface area contributed by atoms with Gasteiger partial charge in [-0.1, -0.05) is 0 Å². The Labute approximate surface area is 43.2 Å². The molecule has 0 saturated carbocycles. The monoisotopic (exact) mass is 101 g/mol. The largest absolute Gasteiger partial charge is 0.297 e. The van der Waals surface area contributed by atoms with Gasteiger partial charge in [-0.25, -0.2) is 5.11 Å². The summed E-state index contributed by atoms with van der Waals surface area (Å²) >= 11 is 0. The average Bonchev–Trinajstić information content (AvgIpc) is 1.31. The summed E-state index contributed by atoms with van der Waals surface area (Å²) in [5, 5.41) is 10.5. The molecule has 2 nitrogen and oxygen atoms in total. The average molecular weight is 101 g/mol. The Morgan fingerprint density at radius 1 is 1.43 bits per heavy atom. The van der Waals surface area contributed by atoms with Crippen molar-refractivity contribution in [2.45, 2.75) is 26.4 Å². The molecule has 0 spiro atoms. The van der Waals surface area contributed by atoms with Crippen LogP contribution in [0.25, 0.3) is 0 Å². The molecule has 0 rings (SSSR count). The maximum Gasteiger partial charge on any atom is 0.164 e. The predicted octanol–water partition coefficient (Wildman–Crippen LogP) is 0.784. The SMILES string of the molecule is CC(=O)C(C)(C)[O]. The molecule has 0 atom stereocenters. The van der Waals surface area contributed by atoms with E-state index in [0.717, 1.165) is 0 Å². The first kappa shape index (κ1) is 6.63. The quantitative estimate of drug-likeness (QED) is 0.481. The summed E-state index contributed by atoms with van der Waals surface area (Å²) in [6.07, 6.45) is 0. The Morgan fingerprint density at radius 3 is 1.57 bits per heavy atom. The Hall–Kier alpha value is -0.370. The molecule has 0 N–H and O–H groups in total. The second-order valence-electron chi connectivity index (χ2n) is 2.07. The first-order chi connectivity index (χ1) is 2.94.